The number of rotatable bonds is 7. The third-order valence-electron chi connectivity index (χ3n) is 6.97. The first-order valence-electron chi connectivity index (χ1n) is 11.5. The van der Waals surface area contributed by atoms with Crippen molar-refractivity contribution in [3.05, 3.63) is 35.9 Å². The number of likely N-dealkylation sites (tertiary alicyclic amines) is 1. The van der Waals surface area contributed by atoms with E-state index in [9.17, 15) is 24.6 Å². The van der Waals surface area contributed by atoms with E-state index in [0.29, 0.717) is 18.6 Å². The molecule has 1 aliphatic heterocycles. The van der Waals surface area contributed by atoms with Gasteiger partial charge in [-0.15, -0.1) is 0 Å². The maximum Gasteiger partial charge on any atom is 0.307 e. The number of esters is 1. The van der Waals surface area contributed by atoms with E-state index >= 15 is 0 Å². The second-order valence-corrected chi connectivity index (χ2v) is 8.88. The van der Waals surface area contributed by atoms with Crippen LogP contribution in [-0.2, 0) is 30.6 Å². The zero-order valence-corrected chi connectivity index (χ0v) is 18.6. The fourth-order valence-corrected chi connectivity index (χ4v) is 5.46. The van der Waals surface area contributed by atoms with Crippen LogP contribution >= 0.6 is 0 Å². The Morgan fingerprint density at radius 1 is 1.12 bits per heavy atom. The summed E-state index contributed by atoms with van der Waals surface area (Å²) in [4.78, 5) is 44.6. The van der Waals surface area contributed by atoms with Gasteiger partial charge in [-0.05, 0) is 25.3 Å². The minimum Gasteiger partial charge on any atom is -0.466 e. The molecule has 1 aromatic carbocycles. The van der Waals surface area contributed by atoms with Crippen LogP contribution in [0.5, 0.6) is 0 Å². The van der Waals surface area contributed by atoms with Crippen LogP contribution in [0, 0.1) is 23.7 Å². The van der Waals surface area contributed by atoms with E-state index in [1.807, 2.05) is 30.3 Å². The first-order valence-corrected chi connectivity index (χ1v) is 11.5. The molecule has 178 valence electrons. The molecule has 1 aromatic rings. The van der Waals surface area contributed by atoms with Gasteiger partial charge >= 0.3 is 5.97 Å². The van der Waals surface area contributed by atoms with Crippen molar-refractivity contribution in [2.45, 2.75) is 51.4 Å². The lowest BCUT2D eigenvalue weighted by Gasteiger charge is -2.45. The smallest absolute Gasteiger partial charge is 0.307 e. The highest BCUT2D eigenvalue weighted by molar-refractivity contribution is 6.06. The lowest BCUT2D eigenvalue weighted by molar-refractivity contribution is -0.145. The number of carbonyl (C=O) groups is 3. The van der Waals surface area contributed by atoms with Crippen molar-refractivity contribution in [2.24, 2.45) is 28.8 Å². The van der Waals surface area contributed by atoms with Crippen molar-refractivity contribution < 1.29 is 34.2 Å². The van der Waals surface area contributed by atoms with E-state index in [-0.39, 0.29) is 44.4 Å². The number of ether oxygens (including phenoxy) is 1. The van der Waals surface area contributed by atoms with Crippen LogP contribution in [-0.4, -0.2) is 64.0 Å². The summed E-state index contributed by atoms with van der Waals surface area (Å²) in [6, 6.07) is 9.55. The normalized spacial score (nSPS) is 32.5. The third-order valence-corrected chi connectivity index (χ3v) is 6.97. The van der Waals surface area contributed by atoms with Crippen molar-refractivity contribution in [1.29, 1.82) is 0 Å². The molecular weight excluding hydrogens is 428 g/mol. The maximum atomic E-state index is 13.2. The van der Waals surface area contributed by atoms with Gasteiger partial charge in [-0.25, -0.2) is 0 Å². The standard InChI is InChI=1S/C24H30N2O7/c1-2-32-19(28)10-11-26-23(30)16-9-8-15-17(25-33-13-14-6-4-3-5-7-14)12-18(27)22(29)20(15)21(16)24(26)31/h3-7,15-16,18,20-22,27,29H,2,8-13H2,1H3/b25-17+/t15-,16-,18-,20+,21-,22-/m1/s1. The molecule has 0 bridgehead atoms. The van der Waals surface area contributed by atoms with Gasteiger partial charge in [0.2, 0.25) is 11.8 Å². The van der Waals surface area contributed by atoms with Gasteiger partial charge in [0.1, 0.15) is 6.61 Å². The Bertz CT molecular complexity index is 919. The molecule has 2 N–H and O–H groups in total. The second kappa shape index (κ2) is 10.0. The molecule has 2 aliphatic carbocycles. The Morgan fingerprint density at radius 2 is 1.85 bits per heavy atom. The summed E-state index contributed by atoms with van der Waals surface area (Å²) in [5.74, 6) is -3.39. The van der Waals surface area contributed by atoms with E-state index in [2.05, 4.69) is 5.16 Å². The third kappa shape index (κ3) is 4.65. The predicted octanol–water partition coefficient (Wildman–Crippen LogP) is 1.27. The topological polar surface area (TPSA) is 126 Å². The van der Waals surface area contributed by atoms with Crippen LogP contribution in [0.25, 0.3) is 0 Å². The predicted molar refractivity (Wildman–Crippen MR) is 116 cm³/mol. The summed E-state index contributed by atoms with van der Waals surface area (Å²) in [6.45, 7) is 2.15. The summed E-state index contributed by atoms with van der Waals surface area (Å²) >= 11 is 0. The molecule has 3 fully saturated rings. The van der Waals surface area contributed by atoms with Crippen molar-refractivity contribution in [3.63, 3.8) is 0 Å². The molecule has 1 saturated heterocycles. The Kier molecular flexibility index (Phi) is 7.09. The molecule has 0 spiro atoms. The Hall–Kier alpha value is -2.78. The van der Waals surface area contributed by atoms with E-state index in [1.54, 1.807) is 6.92 Å². The van der Waals surface area contributed by atoms with Gasteiger partial charge in [0.25, 0.3) is 0 Å². The van der Waals surface area contributed by atoms with E-state index in [0.717, 1.165) is 10.5 Å². The average Bonchev–Trinajstić information content (AvgIpc) is 3.06. The molecular formula is C24H30N2O7. The molecule has 0 aromatic heterocycles. The summed E-state index contributed by atoms with van der Waals surface area (Å²) < 4.78 is 4.90. The number of aliphatic hydroxyl groups is 2. The van der Waals surface area contributed by atoms with E-state index < -0.39 is 41.8 Å². The number of carbonyl (C=O) groups excluding carboxylic acids is 3. The van der Waals surface area contributed by atoms with Gasteiger partial charge in [-0.2, -0.15) is 0 Å². The first-order chi connectivity index (χ1) is 15.9. The van der Waals surface area contributed by atoms with Crippen molar-refractivity contribution in [3.8, 4) is 0 Å². The zero-order valence-electron chi connectivity index (χ0n) is 18.6. The van der Waals surface area contributed by atoms with Gasteiger partial charge in [-0.3, -0.25) is 19.3 Å². The summed E-state index contributed by atoms with van der Waals surface area (Å²) in [7, 11) is 0. The molecule has 0 radical (unpaired) electrons. The van der Waals surface area contributed by atoms with Crippen LogP contribution in [0.3, 0.4) is 0 Å². The zero-order chi connectivity index (χ0) is 23.5. The van der Waals surface area contributed by atoms with Gasteiger partial charge in [0.05, 0.1) is 42.8 Å². The number of oxime groups is 1. The number of amides is 2. The summed E-state index contributed by atoms with van der Waals surface area (Å²) in [5.41, 5.74) is 1.56. The van der Waals surface area contributed by atoms with Gasteiger partial charge in [0.15, 0.2) is 0 Å². The number of hydrogen-bond donors (Lipinski definition) is 2. The lowest BCUT2D eigenvalue weighted by atomic mass is 9.60. The largest absolute Gasteiger partial charge is 0.466 e. The molecule has 1 heterocycles. The highest BCUT2D eigenvalue weighted by atomic mass is 16.6. The van der Waals surface area contributed by atoms with Crippen LogP contribution in [0.1, 0.15) is 38.2 Å². The Balaban J connectivity index is 1.50. The number of nitrogens with zero attached hydrogens (tertiary/aromatic N) is 2. The number of hydrogen-bond acceptors (Lipinski definition) is 8. The van der Waals surface area contributed by atoms with Crippen molar-refractivity contribution in [2.75, 3.05) is 13.2 Å². The minimum absolute atomic E-state index is 0.0410. The van der Waals surface area contributed by atoms with E-state index in [1.165, 1.54) is 0 Å². The van der Waals surface area contributed by atoms with E-state index in [4.69, 9.17) is 9.57 Å². The van der Waals surface area contributed by atoms with Crippen molar-refractivity contribution >= 4 is 23.5 Å². The molecule has 6 atom stereocenters. The number of benzene rings is 1. The van der Waals surface area contributed by atoms with Gasteiger partial charge in [0, 0.05) is 24.8 Å². The maximum absolute atomic E-state index is 13.2. The number of imide groups is 1. The van der Waals surface area contributed by atoms with Gasteiger partial charge < -0.3 is 19.8 Å². The fraction of sp³-hybridized carbons (Fsp3) is 0.583. The lowest BCUT2D eigenvalue weighted by Crippen LogP contribution is -2.54. The SMILES string of the molecule is CCOC(=O)CCN1C(=O)[C@H]2[C@H]3[C@H](O)[C@H](O)C/C(=N\OCc4ccccc4)[C@H]3CC[C@H]2C1=O. The highest BCUT2D eigenvalue weighted by Crippen LogP contribution is 2.49. The molecule has 4 rings (SSSR count). The molecule has 0 unspecified atom stereocenters. The summed E-state index contributed by atoms with van der Waals surface area (Å²) in [6.07, 6.45) is -1.10. The first kappa shape index (κ1) is 23.4. The molecule has 9 nitrogen and oxygen atoms in total. The highest BCUT2D eigenvalue weighted by Gasteiger charge is 2.59. The Morgan fingerprint density at radius 3 is 2.58 bits per heavy atom. The average molecular weight is 459 g/mol. The second-order valence-electron chi connectivity index (χ2n) is 8.88. The van der Waals surface area contributed by atoms with Crippen LogP contribution in [0.2, 0.25) is 0 Å². The number of aliphatic hydroxyl groups excluding tert-OH is 2. The quantitative estimate of drug-likeness (QED) is 0.358. The molecule has 33 heavy (non-hydrogen) atoms. The number of fused-ring (bicyclic) bond motifs is 3. The van der Waals surface area contributed by atoms with Gasteiger partial charge in [-0.1, -0.05) is 35.5 Å². The minimum atomic E-state index is -1.14. The van der Waals surface area contributed by atoms with Crippen LogP contribution in [0.15, 0.2) is 35.5 Å². The Labute approximate surface area is 192 Å². The molecule has 9 heteroatoms. The summed E-state index contributed by atoms with van der Waals surface area (Å²) in [5, 5.41) is 25.6. The van der Waals surface area contributed by atoms with Crippen molar-refractivity contribution in [1.82, 2.24) is 4.90 Å². The van der Waals surface area contributed by atoms with Crippen LogP contribution in [0.4, 0.5) is 0 Å². The fourth-order valence-electron chi connectivity index (χ4n) is 5.46. The monoisotopic (exact) mass is 458 g/mol. The molecule has 2 saturated carbocycles. The van der Waals surface area contributed by atoms with Crippen LogP contribution < -0.4 is 0 Å². The molecule has 3 aliphatic rings. The molecule has 2 amide bonds.